The predicted molar refractivity (Wildman–Crippen MR) is 139 cm³/mol. The van der Waals surface area contributed by atoms with E-state index in [-0.39, 0.29) is 49.6 Å². The minimum absolute atomic E-state index is 0.00508. The lowest BCUT2D eigenvalue weighted by Gasteiger charge is -2.27. The van der Waals surface area contributed by atoms with Gasteiger partial charge in [-0.2, -0.15) is 8.42 Å². The van der Waals surface area contributed by atoms with Crippen LogP contribution < -0.4 is 10.6 Å². The fraction of sp³-hybridized carbons (Fsp3) is 0.444. The number of hydrogen-bond donors (Lipinski definition) is 4. The van der Waals surface area contributed by atoms with Crippen LogP contribution in [0.5, 0.6) is 5.75 Å². The van der Waals surface area contributed by atoms with Crippen molar-refractivity contribution >= 4 is 27.7 Å². The van der Waals surface area contributed by atoms with E-state index in [1.165, 1.54) is 13.1 Å². The Morgan fingerprint density at radius 2 is 1.81 bits per heavy atom. The summed E-state index contributed by atoms with van der Waals surface area (Å²) in [5.41, 5.74) is 2.73. The molecule has 1 aliphatic rings. The van der Waals surface area contributed by atoms with Gasteiger partial charge in [-0.05, 0) is 41.5 Å². The van der Waals surface area contributed by atoms with E-state index in [4.69, 9.17) is 0 Å². The van der Waals surface area contributed by atoms with Crippen molar-refractivity contribution in [3.05, 3.63) is 64.7 Å². The summed E-state index contributed by atoms with van der Waals surface area (Å²) >= 11 is 0. The van der Waals surface area contributed by atoms with Crippen LogP contribution in [0.3, 0.4) is 0 Å². The molecule has 200 valence electrons. The molecule has 9 nitrogen and oxygen atoms in total. The molecule has 3 rings (SSSR count). The molecule has 2 unspecified atom stereocenters. The van der Waals surface area contributed by atoms with Gasteiger partial charge in [0.2, 0.25) is 11.8 Å². The van der Waals surface area contributed by atoms with Crippen molar-refractivity contribution in [3.8, 4) is 5.75 Å². The molecule has 2 aromatic rings. The Balaban J connectivity index is 2.22. The number of rotatable bonds is 6. The van der Waals surface area contributed by atoms with Crippen molar-refractivity contribution in [2.24, 2.45) is 5.92 Å². The van der Waals surface area contributed by atoms with Crippen molar-refractivity contribution in [2.75, 3.05) is 12.8 Å². The number of hydrogen-bond acceptors (Lipinski definition) is 6. The first-order valence-electron chi connectivity index (χ1n) is 12.3. The number of ketones is 1. The van der Waals surface area contributed by atoms with Gasteiger partial charge in [0.1, 0.15) is 17.6 Å². The van der Waals surface area contributed by atoms with Crippen molar-refractivity contribution < 1.29 is 32.5 Å². The maximum Gasteiger partial charge on any atom is 0.265 e. The second-order valence-electron chi connectivity index (χ2n) is 9.67. The van der Waals surface area contributed by atoms with Crippen LogP contribution in [-0.4, -0.2) is 54.5 Å². The van der Waals surface area contributed by atoms with Crippen LogP contribution in [0.4, 0.5) is 0 Å². The monoisotopic (exact) mass is 530 g/mol. The molecule has 0 spiro atoms. The second-order valence-corrected chi connectivity index (χ2v) is 11.2. The number of Topliss-reactive ketones (excluding diaryl/α,β-unsaturated/α-hetero) is 1. The molecule has 3 atom stereocenters. The summed E-state index contributed by atoms with van der Waals surface area (Å²) in [4.78, 5) is 37.9. The van der Waals surface area contributed by atoms with E-state index in [0.717, 1.165) is 5.56 Å². The molecule has 37 heavy (non-hydrogen) atoms. The lowest BCUT2D eigenvalue weighted by molar-refractivity contribution is -0.129. The molecule has 0 aromatic heterocycles. The number of benzene rings is 2. The smallest absolute Gasteiger partial charge is 0.265 e. The Bertz CT molecular complexity index is 1240. The standard InChI is InChI=1S/C27H34N2O7S/c1-17(16-37(34,35)36)14-22-19-8-12-24(31)26(22)21(18-6-4-3-5-7-18)11-9-20(30)10-13-25(32)29-23(15-19)27(33)28-2/h3-8,12,17,21,23,31H,9-11,13-16H2,1-2H3,(H,28,33)(H,29,32)(H,34,35,36)/t17-,21?,23?/m1/s1. The van der Waals surface area contributed by atoms with Gasteiger partial charge in [-0.15, -0.1) is 0 Å². The van der Waals surface area contributed by atoms with Crippen LogP contribution in [-0.2, 0) is 37.3 Å². The molecule has 10 heteroatoms. The van der Waals surface area contributed by atoms with Gasteiger partial charge in [-0.25, -0.2) is 0 Å². The van der Waals surface area contributed by atoms with Gasteiger partial charge < -0.3 is 15.7 Å². The molecule has 0 aliphatic carbocycles. The van der Waals surface area contributed by atoms with Gasteiger partial charge in [0.25, 0.3) is 10.1 Å². The van der Waals surface area contributed by atoms with Crippen molar-refractivity contribution in [2.45, 2.75) is 57.4 Å². The molecule has 0 fully saturated rings. The number of likely N-dealkylation sites (N-methyl/N-ethyl adjacent to an activating group) is 1. The maximum absolute atomic E-state index is 12.7. The van der Waals surface area contributed by atoms with Gasteiger partial charge in [0.15, 0.2) is 0 Å². The van der Waals surface area contributed by atoms with E-state index in [1.54, 1.807) is 13.0 Å². The SMILES string of the molecule is CNC(=O)C1Cc2ccc(O)c(c2C[C@@H](C)CS(=O)(=O)O)C(c2ccccc2)CCC(=O)CCC(=O)N1. The quantitative estimate of drug-likeness (QED) is 0.419. The molecule has 2 amide bonds. The normalized spacial score (nSPS) is 20.1. The summed E-state index contributed by atoms with van der Waals surface area (Å²) in [6, 6.07) is 11.7. The number of amides is 2. The summed E-state index contributed by atoms with van der Waals surface area (Å²) < 4.78 is 32.6. The van der Waals surface area contributed by atoms with Gasteiger partial charge in [-0.3, -0.25) is 18.9 Å². The summed E-state index contributed by atoms with van der Waals surface area (Å²) in [7, 11) is -2.79. The molecule has 2 aromatic carbocycles. The highest BCUT2D eigenvalue weighted by atomic mass is 32.2. The number of phenols is 1. The highest BCUT2D eigenvalue weighted by molar-refractivity contribution is 7.85. The first-order chi connectivity index (χ1) is 17.5. The zero-order valence-electron chi connectivity index (χ0n) is 21.1. The Kier molecular flexibility index (Phi) is 9.45. The Hall–Kier alpha value is -3.24. The lowest BCUT2D eigenvalue weighted by Crippen LogP contribution is -2.47. The van der Waals surface area contributed by atoms with E-state index >= 15 is 0 Å². The fourth-order valence-corrected chi connectivity index (χ4v) is 5.84. The van der Waals surface area contributed by atoms with Gasteiger partial charge in [0.05, 0.1) is 5.75 Å². The van der Waals surface area contributed by atoms with E-state index in [9.17, 15) is 32.5 Å². The van der Waals surface area contributed by atoms with E-state index in [0.29, 0.717) is 23.1 Å². The van der Waals surface area contributed by atoms with Crippen LogP contribution >= 0.6 is 0 Å². The predicted octanol–water partition coefficient (Wildman–Crippen LogP) is 2.51. The molecule has 0 radical (unpaired) electrons. The van der Waals surface area contributed by atoms with Crippen molar-refractivity contribution in [1.82, 2.24) is 10.6 Å². The Morgan fingerprint density at radius 3 is 2.46 bits per heavy atom. The van der Waals surface area contributed by atoms with Crippen LogP contribution in [0, 0.1) is 5.92 Å². The third-order valence-corrected chi connectivity index (χ3v) is 7.68. The van der Waals surface area contributed by atoms with Crippen LogP contribution in [0.25, 0.3) is 0 Å². The molecular weight excluding hydrogens is 496 g/mol. The van der Waals surface area contributed by atoms with E-state index < -0.39 is 39.6 Å². The van der Waals surface area contributed by atoms with E-state index in [1.807, 2.05) is 30.3 Å². The Morgan fingerprint density at radius 1 is 1.11 bits per heavy atom. The molecule has 4 N–H and O–H groups in total. The summed E-state index contributed by atoms with van der Waals surface area (Å²) in [5, 5.41) is 16.4. The van der Waals surface area contributed by atoms with Crippen LogP contribution in [0.15, 0.2) is 42.5 Å². The summed E-state index contributed by atoms with van der Waals surface area (Å²) in [6.45, 7) is 1.68. The number of carbonyl (C=O) groups excluding carboxylic acids is 3. The second kappa shape index (κ2) is 12.3. The molecule has 1 heterocycles. The summed E-state index contributed by atoms with van der Waals surface area (Å²) in [6.07, 6.45) is 0.834. The topological polar surface area (TPSA) is 150 Å². The maximum atomic E-state index is 12.7. The fourth-order valence-electron chi connectivity index (χ4n) is 5.00. The minimum Gasteiger partial charge on any atom is -0.508 e. The Labute approximate surface area is 217 Å². The number of nitrogens with one attached hydrogen (secondary N) is 2. The summed E-state index contributed by atoms with van der Waals surface area (Å²) in [5.74, 6) is -2.33. The first kappa shape index (κ1) is 28.3. The number of aromatic hydroxyl groups is 1. The average Bonchev–Trinajstić information content (AvgIpc) is 2.84. The largest absolute Gasteiger partial charge is 0.508 e. The van der Waals surface area contributed by atoms with Crippen molar-refractivity contribution in [1.29, 1.82) is 0 Å². The lowest BCUT2D eigenvalue weighted by atomic mass is 9.79. The van der Waals surface area contributed by atoms with Crippen LogP contribution in [0.1, 0.15) is 60.8 Å². The third-order valence-electron chi connectivity index (χ3n) is 6.69. The third kappa shape index (κ3) is 7.87. The van der Waals surface area contributed by atoms with Gasteiger partial charge in [-0.1, -0.05) is 43.3 Å². The molecule has 1 aliphatic heterocycles. The first-order valence-corrected chi connectivity index (χ1v) is 14.0. The molecule has 0 saturated carbocycles. The van der Waals surface area contributed by atoms with Crippen LogP contribution in [0.2, 0.25) is 0 Å². The van der Waals surface area contributed by atoms with E-state index in [2.05, 4.69) is 10.6 Å². The number of phenolic OH excluding ortho intramolecular Hbond substituents is 1. The minimum atomic E-state index is -4.25. The molecular formula is C27H34N2O7S. The molecule has 2 bridgehead atoms. The molecule has 0 saturated heterocycles. The van der Waals surface area contributed by atoms with Crippen molar-refractivity contribution in [3.63, 3.8) is 0 Å². The average molecular weight is 531 g/mol. The van der Waals surface area contributed by atoms with Gasteiger partial charge >= 0.3 is 0 Å². The number of carbonyl (C=O) groups is 3. The highest BCUT2D eigenvalue weighted by Crippen LogP contribution is 2.40. The number of fused-ring (bicyclic) bond motifs is 2. The highest BCUT2D eigenvalue weighted by Gasteiger charge is 2.29. The van der Waals surface area contributed by atoms with Gasteiger partial charge in [0, 0.05) is 44.2 Å². The zero-order valence-corrected chi connectivity index (χ0v) is 21.9. The zero-order chi connectivity index (χ0) is 27.2.